The van der Waals surface area contributed by atoms with Crippen LogP contribution in [0.3, 0.4) is 0 Å². The molecule has 1 aromatic rings. The van der Waals surface area contributed by atoms with Crippen molar-refractivity contribution in [2.75, 3.05) is 0 Å². The van der Waals surface area contributed by atoms with Gasteiger partial charge in [0.1, 0.15) is 0 Å². The Hall–Kier alpha value is -0.510. The zero-order valence-corrected chi connectivity index (χ0v) is 12.1. The Bertz CT molecular complexity index is 387. The van der Waals surface area contributed by atoms with Crippen LogP contribution in [-0.4, -0.2) is 20.9 Å². The third kappa shape index (κ3) is 3.24. The Morgan fingerprint density at radius 1 is 1.19 bits per heavy atom. The van der Waals surface area contributed by atoms with Gasteiger partial charge in [0.05, 0.1) is 0 Å². The molecule has 0 saturated carbocycles. The fourth-order valence-corrected chi connectivity index (χ4v) is 4.79. The van der Waals surface area contributed by atoms with Crippen molar-refractivity contribution in [1.29, 1.82) is 0 Å². The van der Waals surface area contributed by atoms with Gasteiger partial charge < -0.3 is 0 Å². The molecule has 0 saturated heterocycles. The van der Waals surface area contributed by atoms with Crippen LogP contribution in [0.25, 0.3) is 0 Å². The van der Waals surface area contributed by atoms with E-state index in [1.54, 1.807) is 12.8 Å². The fourth-order valence-electron chi connectivity index (χ4n) is 1.99. The first kappa shape index (κ1) is 12.0. The van der Waals surface area contributed by atoms with Crippen molar-refractivity contribution < 1.29 is 0 Å². The Morgan fingerprint density at radius 2 is 2.00 bits per heavy atom. The van der Waals surface area contributed by atoms with E-state index in [-0.39, 0.29) is 20.9 Å². The summed E-state index contributed by atoms with van der Waals surface area (Å²) in [6, 6.07) is 11.0. The zero-order chi connectivity index (χ0) is 11.2. The molecule has 0 bridgehead atoms. The quantitative estimate of drug-likeness (QED) is 0.747. The molecule has 0 fully saturated rings. The van der Waals surface area contributed by atoms with Crippen LogP contribution in [0.2, 0.25) is 0 Å². The van der Waals surface area contributed by atoms with Crippen LogP contribution in [-0.2, 0) is 0 Å². The van der Waals surface area contributed by atoms with Crippen LogP contribution in [0.15, 0.2) is 51.7 Å². The first-order chi connectivity index (χ1) is 7.90. The van der Waals surface area contributed by atoms with E-state index in [9.17, 15) is 0 Å². The second-order valence-electron chi connectivity index (χ2n) is 4.04. The van der Waals surface area contributed by atoms with E-state index < -0.39 is 0 Å². The summed E-state index contributed by atoms with van der Waals surface area (Å²) >= 11 is -0.164. The summed E-state index contributed by atoms with van der Waals surface area (Å²) in [5, 5.41) is 0. The fraction of sp³-hybridized carbons (Fsp3) is 0.333. The van der Waals surface area contributed by atoms with Crippen molar-refractivity contribution in [2.24, 2.45) is 0 Å². The molecule has 0 aliphatic heterocycles. The van der Waals surface area contributed by atoms with Crippen molar-refractivity contribution in [3.8, 4) is 0 Å². The molecule has 1 heteroatoms. The van der Waals surface area contributed by atoms with Crippen LogP contribution in [0, 0.1) is 0 Å². The van der Waals surface area contributed by atoms with E-state index >= 15 is 0 Å². The van der Waals surface area contributed by atoms with Crippen molar-refractivity contribution >= 4 is 24.5 Å². The Labute approximate surface area is 109 Å². The number of allylic oxidation sites excluding steroid dienone is 4. The monoisotopic (exact) mass is 328 g/mol. The van der Waals surface area contributed by atoms with Crippen LogP contribution < -0.4 is 3.61 Å². The predicted octanol–water partition coefficient (Wildman–Crippen LogP) is 3.42. The van der Waals surface area contributed by atoms with Gasteiger partial charge in [0.15, 0.2) is 0 Å². The topological polar surface area (TPSA) is 0 Å². The van der Waals surface area contributed by atoms with E-state index in [2.05, 4.69) is 49.4 Å². The molecule has 1 aliphatic carbocycles. The summed E-state index contributed by atoms with van der Waals surface area (Å²) in [6.45, 7) is 2.19. The van der Waals surface area contributed by atoms with Crippen molar-refractivity contribution in [2.45, 2.75) is 32.6 Å². The summed E-state index contributed by atoms with van der Waals surface area (Å²) in [5.41, 5.74) is 1.64. The van der Waals surface area contributed by atoms with Crippen molar-refractivity contribution in [3.05, 3.63) is 51.7 Å². The molecule has 84 valence electrons. The second-order valence-corrected chi connectivity index (χ2v) is 7.23. The van der Waals surface area contributed by atoms with Crippen LogP contribution in [0.1, 0.15) is 32.6 Å². The zero-order valence-electron chi connectivity index (χ0n) is 9.78. The average molecular weight is 326 g/mol. The minimum atomic E-state index is -0.164. The summed E-state index contributed by atoms with van der Waals surface area (Å²) in [7, 11) is 0. The van der Waals surface area contributed by atoms with Gasteiger partial charge in [0, 0.05) is 0 Å². The summed E-state index contributed by atoms with van der Waals surface area (Å²) in [6.07, 6.45) is 10.2. The molecule has 0 atom stereocenters. The molecule has 0 amide bonds. The molecule has 1 aromatic carbocycles. The van der Waals surface area contributed by atoms with Gasteiger partial charge in [-0.3, -0.25) is 0 Å². The van der Waals surface area contributed by atoms with Gasteiger partial charge in [-0.1, -0.05) is 0 Å². The first-order valence-electron chi connectivity index (χ1n) is 5.99. The average Bonchev–Trinajstić information content (AvgIpc) is 2.38. The molecule has 0 radical (unpaired) electrons. The molecule has 0 N–H and O–H groups in total. The Kier molecular flexibility index (Phi) is 4.69. The van der Waals surface area contributed by atoms with Gasteiger partial charge in [0.2, 0.25) is 0 Å². The van der Waals surface area contributed by atoms with E-state index in [0.29, 0.717) is 0 Å². The van der Waals surface area contributed by atoms with E-state index in [4.69, 9.17) is 0 Å². The standard InChI is InChI=1S/C15H18Te/c1-2-15(13-9-5-3-6-10-13)16-14-11-7-4-8-12-14/h2,4,7-9,11-12H,3,5-6,10H2,1H3/b15-2+. The molecule has 1 aliphatic rings. The first-order valence-corrected chi connectivity index (χ1v) is 8.32. The second kappa shape index (κ2) is 6.28. The molecule has 16 heavy (non-hydrogen) atoms. The molecule has 2 rings (SSSR count). The van der Waals surface area contributed by atoms with Gasteiger partial charge in [-0.05, 0) is 0 Å². The molecule has 0 unspecified atom stereocenters. The third-order valence-electron chi connectivity index (χ3n) is 2.84. The Morgan fingerprint density at radius 3 is 2.62 bits per heavy atom. The number of benzene rings is 1. The summed E-state index contributed by atoms with van der Waals surface area (Å²) in [5.74, 6) is 0. The summed E-state index contributed by atoms with van der Waals surface area (Å²) < 4.78 is 3.20. The molecular formula is C15H18Te. The maximum atomic E-state index is 2.46. The number of hydrogen-bond donors (Lipinski definition) is 0. The van der Waals surface area contributed by atoms with Gasteiger partial charge in [-0.15, -0.1) is 0 Å². The molecule has 0 nitrogen and oxygen atoms in total. The van der Waals surface area contributed by atoms with E-state index in [1.807, 2.05) is 0 Å². The Balaban J connectivity index is 2.10. The SMILES string of the molecule is C/C=C(/[Te]c1ccccc1)C1=CCCCC1. The van der Waals surface area contributed by atoms with E-state index in [1.165, 1.54) is 25.7 Å². The normalized spacial score (nSPS) is 17.1. The van der Waals surface area contributed by atoms with Crippen LogP contribution in [0.5, 0.6) is 0 Å². The minimum absolute atomic E-state index is 0.164. The molecular weight excluding hydrogens is 308 g/mol. The van der Waals surface area contributed by atoms with Gasteiger partial charge in [-0.2, -0.15) is 0 Å². The summed E-state index contributed by atoms with van der Waals surface area (Å²) in [4.78, 5) is 0. The number of rotatable bonds is 3. The van der Waals surface area contributed by atoms with Crippen molar-refractivity contribution in [1.82, 2.24) is 0 Å². The van der Waals surface area contributed by atoms with E-state index in [0.717, 1.165) is 0 Å². The maximum absolute atomic E-state index is 2.46. The van der Waals surface area contributed by atoms with Gasteiger partial charge >= 0.3 is 109 Å². The molecule has 0 heterocycles. The van der Waals surface area contributed by atoms with Crippen molar-refractivity contribution in [3.63, 3.8) is 0 Å². The third-order valence-corrected chi connectivity index (χ3v) is 6.34. The van der Waals surface area contributed by atoms with Crippen LogP contribution >= 0.6 is 0 Å². The molecule has 0 aromatic heterocycles. The van der Waals surface area contributed by atoms with Gasteiger partial charge in [-0.25, -0.2) is 0 Å². The van der Waals surface area contributed by atoms with Crippen LogP contribution in [0.4, 0.5) is 0 Å². The number of hydrogen-bond acceptors (Lipinski definition) is 0. The predicted molar refractivity (Wildman–Crippen MR) is 72.1 cm³/mol. The molecule has 0 spiro atoms. The van der Waals surface area contributed by atoms with Gasteiger partial charge in [0.25, 0.3) is 0 Å².